The molecule has 0 saturated carbocycles. The van der Waals surface area contributed by atoms with Crippen LogP contribution in [0.2, 0.25) is 0 Å². The predicted molar refractivity (Wildman–Crippen MR) is 134 cm³/mol. The maximum absolute atomic E-state index is 13.9. The van der Waals surface area contributed by atoms with Gasteiger partial charge in [-0.1, -0.05) is 90.1 Å². The third-order valence-corrected chi connectivity index (χ3v) is 6.29. The van der Waals surface area contributed by atoms with Gasteiger partial charge in [0.15, 0.2) is 0 Å². The first kappa shape index (κ1) is 22.5. The van der Waals surface area contributed by atoms with E-state index in [1.807, 2.05) is 12.1 Å². The summed E-state index contributed by atoms with van der Waals surface area (Å²) in [6.07, 6.45) is 6.43. The Morgan fingerprint density at radius 2 is 1.62 bits per heavy atom. The Bertz CT molecular complexity index is 1150. The Balaban J connectivity index is 2.14. The van der Waals surface area contributed by atoms with Gasteiger partial charge in [0.1, 0.15) is 5.82 Å². The number of hydrogen-bond donors (Lipinski definition) is 0. The van der Waals surface area contributed by atoms with Crippen LogP contribution in [-0.2, 0) is 12.8 Å². The number of hydrogen-bond acceptors (Lipinski definition) is 1. The number of rotatable bonds is 4. The van der Waals surface area contributed by atoms with E-state index in [1.54, 1.807) is 12.1 Å². The number of aromatic nitrogens is 1. The SMILES string of the molecule is CC(C)/C=C/c1c(C(C)C)nc2c(c1-c1ccc(F)cc1)CC(C)(C)Cc1ccccc1-2. The number of nitrogens with zero attached hydrogens (tertiary/aromatic N) is 1. The maximum Gasteiger partial charge on any atom is 0.123 e. The molecule has 1 aliphatic carbocycles. The Hall–Kier alpha value is -2.74. The monoisotopic (exact) mass is 427 g/mol. The van der Waals surface area contributed by atoms with Gasteiger partial charge in [-0.05, 0) is 64.5 Å². The summed E-state index contributed by atoms with van der Waals surface area (Å²) in [4.78, 5) is 5.34. The van der Waals surface area contributed by atoms with E-state index in [2.05, 4.69) is 78.0 Å². The topological polar surface area (TPSA) is 12.9 Å². The smallest absolute Gasteiger partial charge is 0.123 e. The summed E-state index contributed by atoms with van der Waals surface area (Å²) in [5.41, 5.74) is 9.60. The lowest BCUT2D eigenvalue weighted by atomic mass is 9.79. The summed E-state index contributed by atoms with van der Waals surface area (Å²) in [6, 6.07) is 15.7. The van der Waals surface area contributed by atoms with Crippen LogP contribution in [0.5, 0.6) is 0 Å². The third kappa shape index (κ3) is 4.41. The molecule has 1 heterocycles. The second-order valence-electron chi connectivity index (χ2n) is 10.6. The Kier molecular flexibility index (Phi) is 6.07. The number of pyridine rings is 1. The zero-order chi connectivity index (χ0) is 23.0. The summed E-state index contributed by atoms with van der Waals surface area (Å²) >= 11 is 0. The van der Waals surface area contributed by atoms with Gasteiger partial charge in [-0.15, -0.1) is 0 Å². The zero-order valence-electron chi connectivity index (χ0n) is 20.2. The van der Waals surface area contributed by atoms with Crippen LogP contribution in [0.15, 0.2) is 54.6 Å². The van der Waals surface area contributed by atoms with Gasteiger partial charge in [0.25, 0.3) is 0 Å². The summed E-state index contributed by atoms with van der Waals surface area (Å²) in [5, 5.41) is 0. The van der Waals surface area contributed by atoms with Crippen molar-refractivity contribution in [2.75, 3.05) is 0 Å². The lowest BCUT2D eigenvalue weighted by molar-refractivity contribution is 0.364. The molecule has 1 aromatic heterocycles. The van der Waals surface area contributed by atoms with Crippen molar-refractivity contribution in [1.82, 2.24) is 4.98 Å². The van der Waals surface area contributed by atoms with Gasteiger partial charge in [-0.2, -0.15) is 0 Å². The summed E-state index contributed by atoms with van der Waals surface area (Å²) < 4.78 is 13.9. The predicted octanol–water partition coefficient (Wildman–Crippen LogP) is 8.47. The van der Waals surface area contributed by atoms with Gasteiger partial charge >= 0.3 is 0 Å². The summed E-state index contributed by atoms with van der Waals surface area (Å²) in [6.45, 7) is 13.5. The molecule has 1 nitrogen and oxygen atoms in total. The molecule has 0 spiro atoms. The van der Waals surface area contributed by atoms with Gasteiger partial charge in [-0.25, -0.2) is 4.39 Å². The molecule has 0 amide bonds. The minimum atomic E-state index is -0.206. The molecule has 3 aromatic rings. The van der Waals surface area contributed by atoms with Gasteiger partial charge < -0.3 is 0 Å². The first-order valence-corrected chi connectivity index (χ1v) is 11.8. The van der Waals surface area contributed by atoms with Crippen molar-refractivity contribution >= 4 is 6.08 Å². The van der Waals surface area contributed by atoms with E-state index in [9.17, 15) is 4.39 Å². The molecule has 0 bridgehead atoms. The van der Waals surface area contributed by atoms with E-state index in [0.29, 0.717) is 5.92 Å². The minimum absolute atomic E-state index is 0.0934. The number of allylic oxidation sites excluding steroid dienone is 1. The van der Waals surface area contributed by atoms with Crippen molar-refractivity contribution in [3.8, 4) is 22.4 Å². The first-order valence-electron chi connectivity index (χ1n) is 11.8. The molecule has 2 heteroatoms. The van der Waals surface area contributed by atoms with Crippen LogP contribution in [0, 0.1) is 17.2 Å². The average Bonchev–Trinajstić information content (AvgIpc) is 2.84. The van der Waals surface area contributed by atoms with Gasteiger partial charge in [0.2, 0.25) is 0 Å². The average molecular weight is 428 g/mol. The van der Waals surface area contributed by atoms with E-state index in [0.717, 1.165) is 29.8 Å². The second kappa shape index (κ2) is 8.65. The molecular formula is C30H34FN. The molecule has 1 aliphatic rings. The standard InChI is InChI=1S/C30H34FN/c1-19(2)11-16-25-27(21-12-14-23(31)15-13-21)26-18-30(5,6)17-22-9-7-8-10-24(22)29(26)32-28(25)20(3)4/h7-16,19-20H,17-18H2,1-6H3/b16-11+. The second-order valence-corrected chi connectivity index (χ2v) is 10.6. The third-order valence-electron chi connectivity index (χ3n) is 6.29. The van der Waals surface area contributed by atoms with Crippen molar-refractivity contribution in [3.05, 3.63) is 82.8 Å². The highest BCUT2D eigenvalue weighted by Crippen LogP contribution is 2.45. The largest absolute Gasteiger partial charge is 0.252 e. The Labute approximate surface area is 192 Å². The molecule has 0 N–H and O–H groups in total. The number of halogens is 1. The quantitative estimate of drug-likeness (QED) is 0.407. The van der Waals surface area contributed by atoms with Crippen LogP contribution in [0.1, 0.15) is 69.8 Å². The molecule has 32 heavy (non-hydrogen) atoms. The lowest BCUT2D eigenvalue weighted by Gasteiger charge is -2.26. The fraction of sp³-hybridized carbons (Fsp3) is 0.367. The maximum atomic E-state index is 13.9. The van der Waals surface area contributed by atoms with Gasteiger partial charge in [-0.3, -0.25) is 4.98 Å². The molecule has 0 atom stereocenters. The van der Waals surface area contributed by atoms with Crippen LogP contribution < -0.4 is 0 Å². The normalized spacial score (nSPS) is 15.2. The molecule has 0 fully saturated rings. The first-order chi connectivity index (χ1) is 15.2. The van der Waals surface area contributed by atoms with Crippen molar-refractivity contribution in [2.24, 2.45) is 11.3 Å². The van der Waals surface area contributed by atoms with Crippen molar-refractivity contribution in [3.63, 3.8) is 0 Å². The van der Waals surface area contributed by atoms with Crippen molar-refractivity contribution in [1.29, 1.82) is 0 Å². The molecule has 0 saturated heterocycles. The van der Waals surface area contributed by atoms with Crippen LogP contribution >= 0.6 is 0 Å². The summed E-state index contributed by atoms with van der Waals surface area (Å²) in [5.74, 6) is 0.504. The summed E-state index contributed by atoms with van der Waals surface area (Å²) in [7, 11) is 0. The minimum Gasteiger partial charge on any atom is -0.252 e. The van der Waals surface area contributed by atoms with Gasteiger partial charge in [0.05, 0.1) is 11.4 Å². The Morgan fingerprint density at radius 3 is 2.28 bits per heavy atom. The molecular weight excluding hydrogens is 393 g/mol. The molecule has 0 unspecified atom stereocenters. The van der Waals surface area contributed by atoms with E-state index >= 15 is 0 Å². The van der Waals surface area contributed by atoms with Crippen LogP contribution in [-0.4, -0.2) is 4.98 Å². The fourth-order valence-corrected chi connectivity index (χ4v) is 4.86. The molecule has 166 valence electrons. The molecule has 0 radical (unpaired) electrons. The van der Waals surface area contributed by atoms with Gasteiger partial charge in [0, 0.05) is 11.1 Å². The van der Waals surface area contributed by atoms with E-state index in [-0.39, 0.29) is 17.2 Å². The van der Waals surface area contributed by atoms with Crippen LogP contribution in [0.3, 0.4) is 0 Å². The van der Waals surface area contributed by atoms with Crippen molar-refractivity contribution < 1.29 is 4.39 Å². The molecule has 0 aliphatic heterocycles. The highest BCUT2D eigenvalue weighted by molar-refractivity contribution is 5.86. The van der Waals surface area contributed by atoms with E-state index in [1.165, 1.54) is 27.8 Å². The van der Waals surface area contributed by atoms with Crippen LogP contribution in [0.4, 0.5) is 4.39 Å². The number of fused-ring (bicyclic) bond motifs is 3. The molecule has 2 aromatic carbocycles. The Morgan fingerprint density at radius 1 is 0.938 bits per heavy atom. The lowest BCUT2D eigenvalue weighted by Crippen LogP contribution is -2.18. The molecule has 4 rings (SSSR count). The van der Waals surface area contributed by atoms with Crippen molar-refractivity contribution in [2.45, 2.75) is 60.3 Å². The highest BCUT2D eigenvalue weighted by atomic mass is 19.1. The van der Waals surface area contributed by atoms with Crippen LogP contribution in [0.25, 0.3) is 28.5 Å². The number of benzene rings is 2. The van der Waals surface area contributed by atoms with E-state index in [4.69, 9.17) is 4.98 Å². The van der Waals surface area contributed by atoms with E-state index < -0.39 is 0 Å². The highest BCUT2D eigenvalue weighted by Gasteiger charge is 2.31. The zero-order valence-corrected chi connectivity index (χ0v) is 20.2. The fourth-order valence-electron chi connectivity index (χ4n) is 4.86.